The maximum atomic E-state index is 8.74. The lowest BCUT2D eigenvalue weighted by Crippen LogP contribution is -2.27. The van der Waals surface area contributed by atoms with Crippen LogP contribution in [0.3, 0.4) is 0 Å². The first-order valence-corrected chi connectivity index (χ1v) is 7.35. The molecule has 0 saturated heterocycles. The van der Waals surface area contributed by atoms with Crippen molar-refractivity contribution in [1.29, 1.82) is 5.26 Å². The highest BCUT2D eigenvalue weighted by Crippen LogP contribution is 2.27. The molecule has 0 heterocycles. The highest BCUT2D eigenvalue weighted by Gasteiger charge is 2.22. The zero-order chi connectivity index (χ0) is 11.7. The Morgan fingerprint density at radius 2 is 2.13 bits per heavy atom. The lowest BCUT2D eigenvalue weighted by atomic mass is 9.99. The summed E-state index contributed by atoms with van der Waals surface area (Å²) < 4.78 is 5.54. The normalized spacial score (nSPS) is 13.7. The minimum absolute atomic E-state index is 0.0487. The van der Waals surface area contributed by atoms with Crippen LogP contribution in [-0.4, -0.2) is 21.3 Å². The fourth-order valence-electron chi connectivity index (χ4n) is 1.53. The molecule has 0 spiro atoms. The molecule has 88 valence electrons. The van der Waals surface area contributed by atoms with Gasteiger partial charge in [0.1, 0.15) is 15.9 Å². The van der Waals surface area contributed by atoms with Gasteiger partial charge in [0.15, 0.2) is 0 Å². The lowest BCUT2D eigenvalue weighted by molar-refractivity contribution is 0.111. The summed E-state index contributed by atoms with van der Waals surface area (Å²) in [4.78, 5) is 0. The van der Waals surface area contributed by atoms with E-state index in [9.17, 15) is 0 Å². The average molecular weight is 245 g/mol. The van der Waals surface area contributed by atoms with Gasteiger partial charge in [0.05, 0.1) is 5.60 Å². The van der Waals surface area contributed by atoms with Crippen molar-refractivity contribution < 1.29 is 4.43 Å². The summed E-state index contributed by atoms with van der Waals surface area (Å²) >= 11 is 1.41. The first-order chi connectivity index (χ1) is 7.05. The predicted molar refractivity (Wildman–Crippen MR) is 70.9 cm³/mol. The minimum Gasteiger partial charge on any atom is -0.423 e. The van der Waals surface area contributed by atoms with Crippen LogP contribution in [0.5, 0.6) is 0 Å². The molecule has 0 aromatic heterocycles. The predicted octanol–water partition coefficient (Wildman–Crippen LogP) is 2.62. The van der Waals surface area contributed by atoms with Crippen molar-refractivity contribution in [2.24, 2.45) is 0 Å². The van der Waals surface area contributed by atoms with Gasteiger partial charge < -0.3 is 4.43 Å². The van der Waals surface area contributed by atoms with E-state index < -0.39 is 0 Å². The summed E-state index contributed by atoms with van der Waals surface area (Å²) in [5.74, 6) is 0. The van der Waals surface area contributed by atoms with Crippen LogP contribution in [0.1, 0.15) is 52.9 Å². The molecule has 0 fully saturated rings. The van der Waals surface area contributed by atoms with E-state index in [1.165, 1.54) is 31.0 Å². The third-order valence-electron chi connectivity index (χ3n) is 2.62. The Hall–Kier alpha value is 0.0169. The zero-order valence-electron chi connectivity index (χ0n) is 10.4. The molecule has 0 saturated carbocycles. The Morgan fingerprint density at radius 1 is 1.47 bits per heavy atom. The molecule has 0 rings (SSSR count). The first-order valence-electron chi connectivity index (χ1n) is 5.65. The topological polar surface area (TPSA) is 33.0 Å². The minimum atomic E-state index is -0.0487. The Kier molecular flexibility index (Phi) is 8.21. The van der Waals surface area contributed by atoms with E-state index in [0.717, 1.165) is 23.3 Å². The Balaban J connectivity index is 3.98. The highest BCUT2D eigenvalue weighted by molar-refractivity contribution is 8.04. The van der Waals surface area contributed by atoms with E-state index in [1.807, 2.05) is 0 Å². The van der Waals surface area contributed by atoms with Crippen LogP contribution in [0.25, 0.3) is 0 Å². The van der Waals surface area contributed by atoms with Gasteiger partial charge >= 0.3 is 0 Å². The largest absolute Gasteiger partial charge is 0.423 e. The van der Waals surface area contributed by atoms with Crippen molar-refractivity contribution in [1.82, 2.24) is 0 Å². The molecule has 1 unspecified atom stereocenters. The SMILES string of the molecule is CCCCCC(CC(C)(C)O[SiH3])SC#N. The molecule has 0 aliphatic rings. The number of thioether (sulfide) groups is 1. The quantitative estimate of drug-likeness (QED) is 0.374. The number of nitrogens with zero attached hydrogens (tertiary/aromatic N) is 1. The summed E-state index contributed by atoms with van der Waals surface area (Å²) in [7, 11) is 0.770. The van der Waals surface area contributed by atoms with E-state index in [0.29, 0.717) is 5.25 Å². The molecule has 0 aliphatic heterocycles. The fraction of sp³-hybridized carbons (Fsp3) is 0.909. The molecule has 2 nitrogen and oxygen atoms in total. The van der Waals surface area contributed by atoms with Crippen LogP contribution in [-0.2, 0) is 4.43 Å². The summed E-state index contributed by atoms with van der Waals surface area (Å²) in [6, 6.07) is 0. The number of hydrogen-bond donors (Lipinski definition) is 0. The first kappa shape index (κ1) is 15.0. The molecule has 0 bridgehead atoms. The van der Waals surface area contributed by atoms with Gasteiger partial charge in [0.2, 0.25) is 0 Å². The van der Waals surface area contributed by atoms with Gasteiger partial charge in [-0.3, -0.25) is 0 Å². The van der Waals surface area contributed by atoms with E-state index >= 15 is 0 Å². The molecule has 15 heavy (non-hydrogen) atoms. The van der Waals surface area contributed by atoms with Gasteiger partial charge in [0.25, 0.3) is 0 Å². The van der Waals surface area contributed by atoms with Crippen molar-refractivity contribution in [2.45, 2.75) is 63.7 Å². The van der Waals surface area contributed by atoms with Crippen molar-refractivity contribution in [2.75, 3.05) is 0 Å². The molecule has 1 atom stereocenters. The second kappa shape index (κ2) is 8.20. The fourth-order valence-corrected chi connectivity index (χ4v) is 2.62. The average Bonchev–Trinajstić information content (AvgIpc) is 2.18. The number of unbranched alkanes of at least 4 members (excludes halogenated alkanes) is 2. The van der Waals surface area contributed by atoms with Crippen LogP contribution < -0.4 is 0 Å². The number of rotatable bonds is 8. The molecular formula is C11H23NOSSi. The van der Waals surface area contributed by atoms with Crippen molar-refractivity contribution in [3.63, 3.8) is 0 Å². The van der Waals surface area contributed by atoms with E-state index in [-0.39, 0.29) is 5.60 Å². The van der Waals surface area contributed by atoms with E-state index in [2.05, 4.69) is 26.2 Å². The Bertz CT molecular complexity index is 203. The van der Waals surface area contributed by atoms with Crippen LogP contribution in [0, 0.1) is 10.7 Å². The second-order valence-corrected chi connectivity index (χ2v) is 5.99. The van der Waals surface area contributed by atoms with Crippen molar-refractivity contribution in [3.8, 4) is 5.40 Å². The maximum absolute atomic E-state index is 8.74. The van der Waals surface area contributed by atoms with Crippen LogP contribution in [0.2, 0.25) is 0 Å². The van der Waals surface area contributed by atoms with Gasteiger partial charge in [-0.1, -0.05) is 26.2 Å². The monoisotopic (exact) mass is 245 g/mol. The van der Waals surface area contributed by atoms with Gasteiger partial charge in [-0.15, -0.1) is 0 Å². The van der Waals surface area contributed by atoms with Gasteiger partial charge in [0, 0.05) is 5.25 Å². The lowest BCUT2D eigenvalue weighted by Gasteiger charge is -2.27. The Labute approximate surface area is 101 Å². The molecule has 0 aromatic carbocycles. The number of nitriles is 1. The number of thiocyanates is 1. The summed E-state index contributed by atoms with van der Waals surface area (Å²) in [6.45, 7) is 6.44. The van der Waals surface area contributed by atoms with Crippen molar-refractivity contribution >= 4 is 22.2 Å². The maximum Gasteiger partial charge on any atom is 0.146 e. The van der Waals surface area contributed by atoms with E-state index in [4.69, 9.17) is 9.69 Å². The molecule has 0 aliphatic carbocycles. The summed E-state index contributed by atoms with van der Waals surface area (Å²) in [5, 5.41) is 11.4. The van der Waals surface area contributed by atoms with E-state index in [1.54, 1.807) is 0 Å². The molecular weight excluding hydrogens is 222 g/mol. The van der Waals surface area contributed by atoms with Gasteiger partial charge in [-0.2, -0.15) is 5.26 Å². The molecule has 4 heteroatoms. The number of hydrogen-bond acceptors (Lipinski definition) is 3. The second-order valence-electron chi connectivity index (χ2n) is 4.49. The zero-order valence-corrected chi connectivity index (χ0v) is 13.2. The molecule has 0 N–H and O–H groups in total. The van der Waals surface area contributed by atoms with Crippen molar-refractivity contribution in [3.05, 3.63) is 0 Å². The van der Waals surface area contributed by atoms with Gasteiger partial charge in [-0.05, 0) is 38.5 Å². The third-order valence-corrected chi connectivity index (χ3v) is 4.57. The molecule has 0 aromatic rings. The van der Waals surface area contributed by atoms with Crippen LogP contribution >= 0.6 is 11.8 Å². The standard InChI is InChI=1S/C11H23NOSSi/c1-4-5-6-7-10(14-9-12)8-11(2,3)13-15/h10H,4-8H2,1-3,15H3. The summed E-state index contributed by atoms with van der Waals surface area (Å²) in [5.41, 5.74) is -0.0487. The third kappa shape index (κ3) is 7.89. The Morgan fingerprint density at radius 3 is 2.60 bits per heavy atom. The molecule has 0 amide bonds. The molecule has 0 radical (unpaired) electrons. The van der Waals surface area contributed by atoms with Gasteiger partial charge in [-0.25, -0.2) is 0 Å². The van der Waals surface area contributed by atoms with Crippen LogP contribution in [0.4, 0.5) is 0 Å². The highest BCUT2D eigenvalue weighted by atomic mass is 32.2. The van der Waals surface area contributed by atoms with Crippen LogP contribution in [0.15, 0.2) is 0 Å². The smallest absolute Gasteiger partial charge is 0.146 e. The summed E-state index contributed by atoms with van der Waals surface area (Å²) in [6.07, 6.45) is 5.86.